The molecule has 1 aromatic rings. The number of unbranched alkanes of at least 4 members (excludes halogenated alkanes) is 1. The van der Waals surface area contributed by atoms with Crippen molar-refractivity contribution in [1.29, 1.82) is 0 Å². The summed E-state index contributed by atoms with van der Waals surface area (Å²) in [4.78, 5) is 1.48. The van der Waals surface area contributed by atoms with Crippen molar-refractivity contribution in [2.75, 3.05) is 27.2 Å². The van der Waals surface area contributed by atoms with Gasteiger partial charge in [0, 0.05) is 5.02 Å². The van der Waals surface area contributed by atoms with E-state index in [-0.39, 0.29) is 0 Å². The van der Waals surface area contributed by atoms with Crippen molar-refractivity contribution in [3.05, 3.63) is 29.3 Å². The zero-order valence-corrected chi connectivity index (χ0v) is 10.2. The van der Waals surface area contributed by atoms with Crippen LogP contribution in [0, 0.1) is 0 Å². The van der Waals surface area contributed by atoms with Crippen LogP contribution in [-0.4, -0.2) is 27.2 Å². The summed E-state index contributed by atoms with van der Waals surface area (Å²) in [6, 6.07) is 7.54. The molecular formula is C12H19ClNO+. The Kier molecular flexibility index (Phi) is 5.51. The molecule has 0 radical (unpaired) electrons. The number of benzene rings is 1. The smallest absolute Gasteiger partial charge is 0.120 e. The maximum absolute atomic E-state index is 5.84. The predicted octanol–water partition coefficient (Wildman–Crippen LogP) is 1.64. The SMILES string of the molecule is C[NH+](C)CCCCOc1cccc(Cl)c1. The Morgan fingerprint density at radius 1 is 1.27 bits per heavy atom. The Labute approximate surface area is 96.8 Å². The third-order valence-corrected chi connectivity index (χ3v) is 2.37. The molecule has 84 valence electrons. The van der Waals surface area contributed by atoms with Gasteiger partial charge < -0.3 is 9.64 Å². The lowest BCUT2D eigenvalue weighted by Crippen LogP contribution is -3.05. The van der Waals surface area contributed by atoms with E-state index in [9.17, 15) is 0 Å². The molecule has 0 atom stereocenters. The second kappa shape index (κ2) is 6.70. The Hall–Kier alpha value is -0.730. The van der Waals surface area contributed by atoms with Crippen LogP contribution in [0.3, 0.4) is 0 Å². The fourth-order valence-corrected chi connectivity index (χ4v) is 1.51. The van der Waals surface area contributed by atoms with Gasteiger partial charge in [0.1, 0.15) is 5.75 Å². The van der Waals surface area contributed by atoms with Crippen LogP contribution >= 0.6 is 11.6 Å². The van der Waals surface area contributed by atoms with Gasteiger partial charge in [-0.2, -0.15) is 0 Å². The number of rotatable bonds is 6. The monoisotopic (exact) mass is 228 g/mol. The van der Waals surface area contributed by atoms with Crippen molar-refractivity contribution in [1.82, 2.24) is 0 Å². The number of hydrogen-bond acceptors (Lipinski definition) is 1. The minimum atomic E-state index is 0.727. The highest BCUT2D eigenvalue weighted by molar-refractivity contribution is 6.30. The van der Waals surface area contributed by atoms with Gasteiger partial charge >= 0.3 is 0 Å². The molecule has 0 heterocycles. The number of nitrogens with one attached hydrogen (secondary N) is 1. The van der Waals surface area contributed by atoms with Gasteiger partial charge in [0.25, 0.3) is 0 Å². The van der Waals surface area contributed by atoms with E-state index in [0.29, 0.717) is 0 Å². The van der Waals surface area contributed by atoms with Gasteiger partial charge in [0.2, 0.25) is 0 Å². The lowest BCUT2D eigenvalue weighted by Gasteiger charge is -2.08. The van der Waals surface area contributed by atoms with Crippen LogP contribution in [0.15, 0.2) is 24.3 Å². The van der Waals surface area contributed by atoms with E-state index >= 15 is 0 Å². The maximum Gasteiger partial charge on any atom is 0.120 e. The summed E-state index contributed by atoms with van der Waals surface area (Å²) in [5, 5.41) is 0.727. The van der Waals surface area contributed by atoms with E-state index in [1.807, 2.05) is 24.3 Å². The summed E-state index contributed by atoms with van der Waals surface area (Å²) in [7, 11) is 4.33. The molecule has 0 fully saturated rings. The van der Waals surface area contributed by atoms with Crippen LogP contribution < -0.4 is 9.64 Å². The van der Waals surface area contributed by atoms with E-state index in [4.69, 9.17) is 16.3 Å². The van der Waals surface area contributed by atoms with Crippen molar-refractivity contribution < 1.29 is 9.64 Å². The van der Waals surface area contributed by atoms with Gasteiger partial charge in [-0.15, -0.1) is 0 Å². The molecule has 0 amide bonds. The van der Waals surface area contributed by atoms with Crippen LogP contribution in [0.25, 0.3) is 0 Å². The number of halogens is 1. The molecule has 0 saturated heterocycles. The van der Waals surface area contributed by atoms with Gasteiger partial charge in [-0.1, -0.05) is 17.7 Å². The Morgan fingerprint density at radius 2 is 2.07 bits per heavy atom. The van der Waals surface area contributed by atoms with E-state index in [2.05, 4.69) is 14.1 Å². The molecule has 0 aliphatic carbocycles. The van der Waals surface area contributed by atoms with Crippen molar-refractivity contribution >= 4 is 11.6 Å². The average Bonchev–Trinajstić information content (AvgIpc) is 2.17. The fourth-order valence-electron chi connectivity index (χ4n) is 1.33. The van der Waals surface area contributed by atoms with Gasteiger partial charge in [-0.05, 0) is 31.0 Å². The molecule has 0 unspecified atom stereocenters. The third kappa shape index (κ3) is 5.65. The summed E-state index contributed by atoms with van der Waals surface area (Å²) >= 11 is 5.84. The normalized spacial score (nSPS) is 10.7. The van der Waals surface area contributed by atoms with Crippen molar-refractivity contribution in [3.8, 4) is 5.75 Å². The molecule has 0 saturated carbocycles. The highest BCUT2D eigenvalue weighted by Gasteiger charge is 1.96. The van der Waals surface area contributed by atoms with Crippen molar-refractivity contribution in [3.63, 3.8) is 0 Å². The Balaban J connectivity index is 2.15. The molecule has 1 aromatic carbocycles. The van der Waals surface area contributed by atoms with Crippen LogP contribution in [0.2, 0.25) is 5.02 Å². The quantitative estimate of drug-likeness (QED) is 0.731. The highest BCUT2D eigenvalue weighted by Crippen LogP contribution is 2.17. The first-order chi connectivity index (χ1) is 7.18. The van der Waals surface area contributed by atoms with Gasteiger partial charge in [0.05, 0.1) is 27.2 Å². The van der Waals surface area contributed by atoms with Crippen molar-refractivity contribution in [2.45, 2.75) is 12.8 Å². The van der Waals surface area contributed by atoms with E-state index in [1.54, 1.807) is 0 Å². The molecule has 15 heavy (non-hydrogen) atoms. The number of ether oxygens (including phenoxy) is 1. The number of hydrogen-bond donors (Lipinski definition) is 1. The third-order valence-electron chi connectivity index (χ3n) is 2.14. The number of quaternary nitrogens is 1. The lowest BCUT2D eigenvalue weighted by atomic mass is 10.3. The van der Waals surface area contributed by atoms with Crippen LogP contribution in [0.4, 0.5) is 0 Å². The summed E-state index contributed by atoms with van der Waals surface area (Å²) in [6.45, 7) is 1.96. The molecule has 0 aliphatic heterocycles. The second-order valence-corrected chi connectivity index (χ2v) is 4.41. The first kappa shape index (κ1) is 12.3. The molecule has 0 aromatic heterocycles. The molecule has 2 nitrogen and oxygen atoms in total. The van der Waals surface area contributed by atoms with E-state index < -0.39 is 0 Å². The largest absolute Gasteiger partial charge is 0.494 e. The van der Waals surface area contributed by atoms with E-state index in [0.717, 1.165) is 23.8 Å². The fraction of sp³-hybridized carbons (Fsp3) is 0.500. The molecule has 1 N–H and O–H groups in total. The van der Waals surface area contributed by atoms with Gasteiger partial charge in [-0.25, -0.2) is 0 Å². The highest BCUT2D eigenvalue weighted by atomic mass is 35.5. The molecule has 0 spiro atoms. The minimum absolute atomic E-state index is 0.727. The average molecular weight is 229 g/mol. The zero-order valence-electron chi connectivity index (χ0n) is 9.42. The van der Waals surface area contributed by atoms with Crippen molar-refractivity contribution in [2.24, 2.45) is 0 Å². The molecular weight excluding hydrogens is 210 g/mol. The molecule has 1 rings (SSSR count). The molecule has 0 aliphatic rings. The molecule has 3 heteroatoms. The first-order valence-corrected chi connectivity index (χ1v) is 5.73. The summed E-state index contributed by atoms with van der Waals surface area (Å²) in [5.41, 5.74) is 0. The van der Waals surface area contributed by atoms with Gasteiger partial charge in [-0.3, -0.25) is 0 Å². The Morgan fingerprint density at radius 3 is 2.73 bits per heavy atom. The van der Waals surface area contributed by atoms with Crippen LogP contribution in [0.1, 0.15) is 12.8 Å². The van der Waals surface area contributed by atoms with Gasteiger partial charge in [0.15, 0.2) is 0 Å². The molecule has 0 bridgehead atoms. The maximum atomic E-state index is 5.84. The topological polar surface area (TPSA) is 13.7 Å². The predicted molar refractivity (Wildman–Crippen MR) is 63.9 cm³/mol. The second-order valence-electron chi connectivity index (χ2n) is 3.97. The Bertz CT molecular complexity index is 289. The summed E-state index contributed by atoms with van der Waals surface area (Å²) < 4.78 is 5.57. The van der Waals surface area contributed by atoms with Crippen LogP contribution in [0.5, 0.6) is 5.75 Å². The summed E-state index contributed by atoms with van der Waals surface area (Å²) in [6.07, 6.45) is 2.29. The van der Waals surface area contributed by atoms with E-state index in [1.165, 1.54) is 17.9 Å². The van der Waals surface area contributed by atoms with Crippen LogP contribution in [-0.2, 0) is 0 Å². The first-order valence-electron chi connectivity index (χ1n) is 5.36. The standard InChI is InChI=1S/C12H18ClNO/c1-14(2)8-3-4-9-15-12-7-5-6-11(13)10-12/h5-7,10H,3-4,8-9H2,1-2H3/p+1. The summed E-state index contributed by atoms with van der Waals surface area (Å²) in [5.74, 6) is 0.861. The zero-order chi connectivity index (χ0) is 11.1. The lowest BCUT2D eigenvalue weighted by molar-refractivity contribution is -0.858. The minimum Gasteiger partial charge on any atom is -0.494 e.